The molecule has 0 saturated heterocycles. The molecular weight excluding hydrogens is 316 g/mol. The second-order valence-corrected chi connectivity index (χ2v) is 6.15. The molecule has 7 heteroatoms. The Balaban J connectivity index is 3.42. The number of hydrogen-bond donors (Lipinski definition) is 0. The van der Waals surface area contributed by atoms with E-state index in [0.29, 0.717) is 17.5 Å². The second kappa shape index (κ2) is 9.96. The van der Waals surface area contributed by atoms with E-state index in [2.05, 4.69) is 40.6 Å². The molecule has 0 aliphatic rings. The van der Waals surface area contributed by atoms with Crippen molar-refractivity contribution in [2.45, 2.75) is 46.6 Å². The van der Waals surface area contributed by atoms with Gasteiger partial charge in [0.2, 0.25) is 5.95 Å². The summed E-state index contributed by atoms with van der Waals surface area (Å²) in [7, 11) is 3.46. The minimum atomic E-state index is -0.122. The first kappa shape index (κ1) is 20.9. The van der Waals surface area contributed by atoms with E-state index < -0.39 is 0 Å². The van der Waals surface area contributed by atoms with Crippen LogP contribution in [0.4, 0.5) is 22.2 Å². The van der Waals surface area contributed by atoms with Crippen LogP contribution in [-0.4, -0.2) is 60.3 Å². The number of aromatic nitrogens is 2. The number of carbonyl (C=O) groups is 1. The molecule has 0 aliphatic carbocycles. The minimum Gasteiger partial charge on any atom is -0.341 e. The maximum Gasteiger partial charge on any atom is 0.324 e. The van der Waals surface area contributed by atoms with E-state index in [1.165, 1.54) is 0 Å². The van der Waals surface area contributed by atoms with E-state index in [1.807, 2.05) is 13.8 Å². The Labute approximate surface area is 151 Å². The SMILES string of the molecule is [CH2]CCC=Nc1nc(N(CC)CC)ncc1N(C(=O)N(C)C)C(C)C. The zero-order valence-electron chi connectivity index (χ0n) is 16.4. The second-order valence-electron chi connectivity index (χ2n) is 6.15. The molecule has 25 heavy (non-hydrogen) atoms. The van der Waals surface area contributed by atoms with Gasteiger partial charge in [-0.25, -0.2) is 14.8 Å². The van der Waals surface area contributed by atoms with Crippen molar-refractivity contribution in [3.8, 4) is 0 Å². The summed E-state index contributed by atoms with van der Waals surface area (Å²) in [5, 5.41) is 0. The lowest BCUT2D eigenvalue weighted by Gasteiger charge is -2.30. The van der Waals surface area contributed by atoms with E-state index in [4.69, 9.17) is 0 Å². The zero-order valence-corrected chi connectivity index (χ0v) is 16.4. The van der Waals surface area contributed by atoms with Crippen LogP contribution >= 0.6 is 0 Å². The molecule has 0 atom stereocenters. The zero-order chi connectivity index (χ0) is 19.0. The molecule has 7 nitrogen and oxygen atoms in total. The van der Waals surface area contributed by atoms with Crippen molar-refractivity contribution in [1.82, 2.24) is 14.9 Å². The van der Waals surface area contributed by atoms with Crippen molar-refractivity contribution in [3.05, 3.63) is 13.1 Å². The Bertz CT molecular complexity index is 581. The molecule has 0 saturated carbocycles. The van der Waals surface area contributed by atoms with E-state index in [1.54, 1.807) is 36.3 Å². The van der Waals surface area contributed by atoms with Gasteiger partial charge in [0.15, 0.2) is 5.82 Å². The summed E-state index contributed by atoms with van der Waals surface area (Å²) in [6.07, 6.45) is 5.01. The molecule has 1 rings (SSSR count). The van der Waals surface area contributed by atoms with Gasteiger partial charge in [-0.2, -0.15) is 4.98 Å². The quantitative estimate of drug-likeness (QED) is 0.675. The molecule has 2 amide bonds. The van der Waals surface area contributed by atoms with Crippen LogP contribution in [-0.2, 0) is 0 Å². The standard InChI is InChI=1S/C18H31N6O/c1-8-11-12-19-16-15(24(14(4)5)18(25)22(6)7)13-20-17(21-16)23(9-2)10-3/h12-14H,1,8-11H2,2-7H3. The molecule has 0 spiro atoms. The summed E-state index contributed by atoms with van der Waals surface area (Å²) >= 11 is 0. The van der Waals surface area contributed by atoms with Crippen LogP contribution in [0.1, 0.15) is 40.5 Å². The first-order valence-corrected chi connectivity index (χ1v) is 8.81. The smallest absolute Gasteiger partial charge is 0.324 e. The number of unbranched alkanes of at least 4 members (excludes halogenated alkanes) is 1. The number of hydrogen-bond acceptors (Lipinski definition) is 5. The normalized spacial score (nSPS) is 11.2. The topological polar surface area (TPSA) is 64.9 Å². The molecule has 139 valence electrons. The van der Waals surface area contributed by atoms with Crippen LogP contribution in [0, 0.1) is 6.92 Å². The van der Waals surface area contributed by atoms with Crippen molar-refractivity contribution in [2.24, 2.45) is 4.99 Å². The van der Waals surface area contributed by atoms with E-state index in [-0.39, 0.29) is 12.1 Å². The average molecular weight is 347 g/mol. The summed E-state index contributed by atoms with van der Waals surface area (Å²) in [6.45, 7) is 13.5. The third kappa shape index (κ3) is 5.41. The van der Waals surface area contributed by atoms with Crippen molar-refractivity contribution in [2.75, 3.05) is 37.0 Å². The van der Waals surface area contributed by atoms with Gasteiger partial charge in [0.1, 0.15) is 5.69 Å². The molecule has 1 aromatic heterocycles. The highest BCUT2D eigenvalue weighted by atomic mass is 16.2. The fourth-order valence-corrected chi connectivity index (χ4v) is 2.34. The highest BCUT2D eigenvalue weighted by molar-refractivity contribution is 5.95. The molecule has 1 aromatic rings. The van der Waals surface area contributed by atoms with Crippen LogP contribution in [0.15, 0.2) is 11.2 Å². The molecule has 1 radical (unpaired) electrons. The number of rotatable bonds is 8. The van der Waals surface area contributed by atoms with Gasteiger partial charge in [-0.05, 0) is 40.5 Å². The number of amides is 2. The fourth-order valence-electron chi connectivity index (χ4n) is 2.34. The van der Waals surface area contributed by atoms with Crippen LogP contribution in [0.3, 0.4) is 0 Å². The first-order chi connectivity index (χ1) is 11.9. The predicted octanol–water partition coefficient (Wildman–Crippen LogP) is 3.54. The summed E-state index contributed by atoms with van der Waals surface area (Å²) in [5.41, 5.74) is 0.616. The van der Waals surface area contributed by atoms with Gasteiger partial charge >= 0.3 is 6.03 Å². The van der Waals surface area contributed by atoms with Gasteiger partial charge in [-0.15, -0.1) is 0 Å². The van der Waals surface area contributed by atoms with Crippen LogP contribution in [0.25, 0.3) is 0 Å². The largest absolute Gasteiger partial charge is 0.341 e. The van der Waals surface area contributed by atoms with Crippen LogP contribution < -0.4 is 9.80 Å². The number of anilines is 2. The lowest BCUT2D eigenvalue weighted by atomic mass is 10.3. The van der Waals surface area contributed by atoms with Gasteiger partial charge < -0.3 is 9.80 Å². The minimum absolute atomic E-state index is 0.0420. The summed E-state index contributed by atoms with van der Waals surface area (Å²) in [5.74, 6) is 1.13. The summed E-state index contributed by atoms with van der Waals surface area (Å²) < 4.78 is 0. The Morgan fingerprint density at radius 2 is 1.96 bits per heavy atom. The number of aliphatic imine (C=N–C) groups is 1. The van der Waals surface area contributed by atoms with Gasteiger partial charge in [0, 0.05) is 39.4 Å². The van der Waals surface area contributed by atoms with Crippen molar-refractivity contribution < 1.29 is 4.79 Å². The molecule has 0 aliphatic heterocycles. The fraction of sp³-hybridized carbons (Fsp3) is 0.611. The Hall–Kier alpha value is -2.18. The Morgan fingerprint density at radius 3 is 2.44 bits per heavy atom. The Kier molecular flexibility index (Phi) is 8.31. The highest BCUT2D eigenvalue weighted by Gasteiger charge is 2.25. The monoisotopic (exact) mass is 347 g/mol. The molecule has 0 fully saturated rings. The van der Waals surface area contributed by atoms with E-state index >= 15 is 0 Å². The molecule has 0 unspecified atom stereocenters. The van der Waals surface area contributed by atoms with Gasteiger partial charge in [0.25, 0.3) is 0 Å². The van der Waals surface area contributed by atoms with Crippen molar-refractivity contribution >= 4 is 29.7 Å². The lowest BCUT2D eigenvalue weighted by molar-refractivity contribution is 0.222. The molecule has 0 aromatic carbocycles. The van der Waals surface area contributed by atoms with Crippen LogP contribution in [0.5, 0.6) is 0 Å². The maximum atomic E-state index is 12.6. The van der Waals surface area contributed by atoms with Crippen LogP contribution in [0.2, 0.25) is 0 Å². The van der Waals surface area contributed by atoms with Gasteiger partial charge in [-0.1, -0.05) is 6.92 Å². The number of nitrogens with zero attached hydrogens (tertiary/aromatic N) is 6. The van der Waals surface area contributed by atoms with Gasteiger partial charge in [-0.3, -0.25) is 4.90 Å². The molecule has 1 heterocycles. The predicted molar refractivity (Wildman–Crippen MR) is 105 cm³/mol. The molecular formula is C18H31N6O. The number of urea groups is 1. The molecule has 0 N–H and O–H groups in total. The van der Waals surface area contributed by atoms with Gasteiger partial charge in [0.05, 0.1) is 6.20 Å². The third-order valence-electron chi connectivity index (χ3n) is 3.69. The summed E-state index contributed by atoms with van der Waals surface area (Å²) in [6, 6.07) is -0.164. The average Bonchev–Trinajstić information content (AvgIpc) is 2.57. The molecule has 0 bridgehead atoms. The highest BCUT2D eigenvalue weighted by Crippen LogP contribution is 2.30. The third-order valence-corrected chi connectivity index (χ3v) is 3.69. The van der Waals surface area contributed by atoms with E-state index in [0.717, 1.165) is 25.9 Å². The first-order valence-electron chi connectivity index (χ1n) is 8.81. The maximum absolute atomic E-state index is 12.6. The van der Waals surface area contributed by atoms with E-state index in [9.17, 15) is 4.79 Å². The lowest BCUT2D eigenvalue weighted by Crippen LogP contribution is -2.43. The van der Waals surface area contributed by atoms with Crippen molar-refractivity contribution in [1.29, 1.82) is 0 Å². The summed E-state index contributed by atoms with van der Waals surface area (Å²) in [4.78, 5) is 31.5. The Morgan fingerprint density at radius 1 is 1.32 bits per heavy atom. The van der Waals surface area contributed by atoms with Crippen molar-refractivity contribution in [3.63, 3.8) is 0 Å². The number of carbonyl (C=O) groups excluding carboxylic acids is 1.